The Hall–Kier alpha value is -1.32. The normalized spacial score (nSPS) is 23.6. The molecule has 4 heteroatoms. The van der Waals surface area contributed by atoms with Gasteiger partial charge >= 0.3 is 0 Å². The molecule has 3 N–H and O–H groups in total. The van der Waals surface area contributed by atoms with Crippen LogP contribution in [0.1, 0.15) is 13.3 Å². The zero-order chi connectivity index (χ0) is 8.97. The van der Waals surface area contributed by atoms with Crippen LogP contribution in [-0.4, -0.2) is 25.5 Å². The van der Waals surface area contributed by atoms with E-state index in [9.17, 15) is 0 Å². The van der Waals surface area contributed by atoms with Crippen molar-refractivity contribution in [3.63, 3.8) is 0 Å². The quantitative estimate of drug-likeness (QED) is 0.522. The molecule has 0 saturated heterocycles. The molecule has 0 aromatic carbocycles. The molecule has 1 rings (SSSR count). The monoisotopic (exact) mass is 166 g/mol. The predicted molar refractivity (Wildman–Crippen MR) is 50.6 cm³/mol. The van der Waals surface area contributed by atoms with E-state index >= 15 is 0 Å². The van der Waals surface area contributed by atoms with Gasteiger partial charge in [0.1, 0.15) is 0 Å². The molecule has 0 radical (unpaired) electrons. The average molecular weight is 166 g/mol. The molecule has 12 heavy (non-hydrogen) atoms. The highest BCUT2D eigenvalue weighted by Gasteiger charge is 2.11. The van der Waals surface area contributed by atoms with Gasteiger partial charge in [-0.3, -0.25) is 0 Å². The summed E-state index contributed by atoms with van der Waals surface area (Å²) in [6, 6.07) is 0.385. The van der Waals surface area contributed by atoms with E-state index in [-0.39, 0.29) is 0 Å². The van der Waals surface area contributed by atoms with Crippen molar-refractivity contribution in [1.82, 2.24) is 10.6 Å². The Morgan fingerprint density at radius 1 is 1.75 bits per heavy atom. The molecular formula is C8H14N4. The molecule has 1 aliphatic rings. The van der Waals surface area contributed by atoms with E-state index < -0.39 is 0 Å². The van der Waals surface area contributed by atoms with Crippen molar-refractivity contribution in [2.24, 2.45) is 4.99 Å². The number of rotatable bonds is 2. The molecule has 0 aromatic heterocycles. The smallest absolute Gasteiger partial charge is 0.150 e. The molecule has 0 aromatic rings. The van der Waals surface area contributed by atoms with Crippen LogP contribution in [0, 0.1) is 5.41 Å². The van der Waals surface area contributed by atoms with E-state index in [2.05, 4.69) is 29.3 Å². The fourth-order valence-corrected chi connectivity index (χ4v) is 1.14. The third kappa shape index (κ3) is 1.84. The van der Waals surface area contributed by atoms with Gasteiger partial charge in [0.15, 0.2) is 5.82 Å². The molecule has 4 nitrogen and oxygen atoms in total. The fraction of sp³-hybridized carbons (Fsp3) is 0.500. The summed E-state index contributed by atoms with van der Waals surface area (Å²) in [4.78, 5) is 3.81. The molecule has 0 amide bonds. The molecule has 1 aliphatic heterocycles. The Kier molecular flexibility index (Phi) is 2.85. The Bertz CT molecular complexity index is 219. The Labute approximate surface area is 72.3 Å². The SMILES string of the molecule is C=NC1=C(C=N)NCCC(C)N1. The maximum atomic E-state index is 7.12. The summed E-state index contributed by atoms with van der Waals surface area (Å²) in [6.45, 7) is 6.40. The second-order valence-electron chi connectivity index (χ2n) is 2.83. The topological polar surface area (TPSA) is 60.3 Å². The summed E-state index contributed by atoms with van der Waals surface area (Å²) in [6.07, 6.45) is 2.28. The van der Waals surface area contributed by atoms with E-state index in [4.69, 9.17) is 5.41 Å². The zero-order valence-electron chi connectivity index (χ0n) is 7.22. The van der Waals surface area contributed by atoms with Crippen molar-refractivity contribution in [1.29, 1.82) is 5.41 Å². The van der Waals surface area contributed by atoms with E-state index in [0.717, 1.165) is 13.0 Å². The summed E-state index contributed by atoms with van der Waals surface area (Å²) in [5.41, 5.74) is 0.717. The van der Waals surface area contributed by atoms with Crippen molar-refractivity contribution < 1.29 is 0 Å². The molecule has 1 heterocycles. The zero-order valence-corrected chi connectivity index (χ0v) is 7.22. The fourth-order valence-electron chi connectivity index (χ4n) is 1.14. The third-order valence-corrected chi connectivity index (χ3v) is 1.83. The van der Waals surface area contributed by atoms with Crippen molar-refractivity contribution >= 4 is 12.9 Å². The van der Waals surface area contributed by atoms with Crippen LogP contribution in [0.4, 0.5) is 0 Å². The lowest BCUT2D eigenvalue weighted by molar-refractivity contribution is 0.578. The van der Waals surface area contributed by atoms with Crippen molar-refractivity contribution in [3.8, 4) is 0 Å². The third-order valence-electron chi connectivity index (χ3n) is 1.83. The highest BCUT2D eigenvalue weighted by atomic mass is 15.1. The molecule has 1 atom stereocenters. The highest BCUT2D eigenvalue weighted by Crippen LogP contribution is 2.04. The van der Waals surface area contributed by atoms with Crippen molar-refractivity contribution in [2.75, 3.05) is 6.54 Å². The molecular weight excluding hydrogens is 152 g/mol. The van der Waals surface area contributed by atoms with Crippen molar-refractivity contribution in [3.05, 3.63) is 11.5 Å². The first-order valence-corrected chi connectivity index (χ1v) is 4.00. The van der Waals surface area contributed by atoms with Crippen LogP contribution in [-0.2, 0) is 0 Å². The van der Waals surface area contributed by atoms with E-state index in [1.54, 1.807) is 0 Å². The Morgan fingerprint density at radius 2 is 2.50 bits per heavy atom. The van der Waals surface area contributed by atoms with Gasteiger partial charge in [0, 0.05) is 18.8 Å². The number of aliphatic imine (C=N–C) groups is 1. The average Bonchev–Trinajstić information content (AvgIpc) is 2.26. The summed E-state index contributed by atoms with van der Waals surface area (Å²) >= 11 is 0. The summed E-state index contributed by atoms with van der Waals surface area (Å²) < 4.78 is 0. The highest BCUT2D eigenvalue weighted by molar-refractivity contribution is 5.76. The predicted octanol–water partition coefficient (Wildman–Crippen LogP) is 0.477. The molecule has 0 aliphatic carbocycles. The number of allylic oxidation sites excluding steroid dienone is 1. The summed E-state index contributed by atoms with van der Waals surface area (Å²) in [5, 5.41) is 13.4. The van der Waals surface area contributed by atoms with Crippen LogP contribution in [0.15, 0.2) is 16.5 Å². The minimum absolute atomic E-state index is 0.385. The summed E-state index contributed by atoms with van der Waals surface area (Å²) in [7, 11) is 0. The van der Waals surface area contributed by atoms with Gasteiger partial charge in [0.05, 0.1) is 5.70 Å². The van der Waals surface area contributed by atoms with Gasteiger partial charge in [-0.1, -0.05) is 0 Å². The molecule has 66 valence electrons. The standard InChI is InChI=1S/C8H14N4/c1-6-3-4-11-7(5-9)8(10-2)12-6/h5-6,9,11-12H,2-4H2,1H3. The number of hydrogen-bond acceptors (Lipinski definition) is 4. The van der Waals surface area contributed by atoms with Gasteiger partial charge in [-0.25, -0.2) is 4.99 Å². The van der Waals surface area contributed by atoms with Crippen LogP contribution in [0.25, 0.3) is 0 Å². The van der Waals surface area contributed by atoms with Gasteiger partial charge < -0.3 is 16.0 Å². The van der Waals surface area contributed by atoms with Gasteiger partial charge in [0.25, 0.3) is 0 Å². The first-order valence-electron chi connectivity index (χ1n) is 4.00. The van der Waals surface area contributed by atoms with E-state index in [1.165, 1.54) is 6.21 Å². The maximum Gasteiger partial charge on any atom is 0.150 e. The first kappa shape index (κ1) is 8.77. The first-order chi connectivity index (χ1) is 5.77. The number of nitrogens with zero attached hydrogens (tertiary/aromatic N) is 1. The second-order valence-corrected chi connectivity index (χ2v) is 2.83. The molecule has 0 bridgehead atoms. The van der Waals surface area contributed by atoms with Gasteiger partial charge in [-0.2, -0.15) is 0 Å². The molecule has 0 saturated carbocycles. The lowest BCUT2D eigenvalue weighted by Crippen LogP contribution is -2.24. The van der Waals surface area contributed by atoms with Crippen molar-refractivity contribution in [2.45, 2.75) is 19.4 Å². The van der Waals surface area contributed by atoms with Crippen LogP contribution < -0.4 is 10.6 Å². The maximum absolute atomic E-state index is 7.12. The molecule has 1 unspecified atom stereocenters. The van der Waals surface area contributed by atoms with Crippen LogP contribution in [0.2, 0.25) is 0 Å². The van der Waals surface area contributed by atoms with Crippen LogP contribution in [0.5, 0.6) is 0 Å². The number of nitrogens with one attached hydrogen (secondary N) is 3. The van der Waals surface area contributed by atoms with E-state index in [1.807, 2.05) is 0 Å². The number of hydrogen-bond donors (Lipinski definition) is 3. The minimum atomic E-state index is 0.385. The molecule has 0 spiro atoms. The lowest BCUT2D eigenvalue weighted by Gasteiger charge is -2.10. The van der Waals surface area contributed by atoms with Gasteiger partial charge in [0.2, 0.25) is 0 Å². The molecule has 0 fully saturated rings. The van der Waals surface area contributed by atoms with Gasteiger partial charge in [-0.15, -0.1) is 0 Å². The Balaban J connectivity index is 2.84. The second kappa shape index (κ2) is 3.90. The van der Waals surface area contributed by atoms with Gasteiger partial charge in [-0.05, 0) is 20.1 Å². The van der Waals surface area contributed by atoms with Crippen LogP contribution >= 0.6 is 0 Å². The minimum Gasteiger partial charge on any atom is -0.381 e. The summed E-state index contributed by atoms with van der Waals surface area (Å²) in [5.74, 6) is 0.676. The lowest BCUT2D eigenvalue weighted by atomic mass is 10.2. The largest absolute Gasteiger partial charge is 0.381 e. The van der Waals surface area contributed by atoms with E-state index in [0.29, 0.717) is 17.6 Å². The Morgan fingerprint density at radius 3 is 3.08 bits per heavy atom. The van der Waals surface area contributed by atoms with Crippen LogP contribution in [0.3, 0.4) is 0 Å².